The predicted molar refractivity (Wildman–Crippen MR) is 143 cm³/mol. The highest BCUT2D eigenvalue weighted by Crippen LogP contribution is 2.67. The number of amides is 1. The van der Waals surface area contributed by atoms with Crippen LogP contribution in [0.2, 0.25) is 0 Å². The molecular formula is C30H39NO10. The molecule has 11 nitrogen and oxygen atoms in total. The van der Waals surface area contributed by atoms with Crippen LogP contribution in [0.1, 0.15) is 88.2 Å². The van der Waals surface area contributed by atoms with E-state index in [1.54, 1.807) is 0 Å². The topological polar surface area (TPSA) is 171 Å². The zero-order valence-electron chi connectivity index (χ0n) is 24.1. The fourth-order valence-electron chi connectivity index (χ4n) is 8.75. The minimum absolute atomic E-state index is 0.00556. The molecule has 11 heteroatoms. The normalized spacial score (nSPS) is 33.9. The van der Waals surface area contributed by atoms with Crippen LogP contribution in [0, 0.1) is 22.7 Å². The van der Waals surface area contributed by atoms with E-state index in [4.69, 9.17) is 14.6 Å². The summed E-state index contributed by atoms with van der Waals surface area (Å²) in [5, 5.41) is 41.4. The molecule has 1 amide bonds. The van der Waals surface area contributed by atoms with Crippen molar-refractivity contribution in [3.63, 3.8) is 0 Å². The quantitative estimate of drug-likeness (QED) is 0.371. The lowest BCUT2D eigenvalue weighted by Gasteiger charge is -2.65. The molecule has 2 aliphatic heterocycles. The second-order valence-corrected chi connectivity index (χ2v) is 13.2. The average Bonchev–Trinajstić information content (AvgIpc) is 3.41. The van der Waals surface area contributed by atoms with Crippen LogP contribution in [0.3, 0.4) is 0 Å². The van der Waals surface area contributed by atoms with Crippen LogP contribution in [-0.2, 0) is 32.1 Å². The van der Waals surface area contributed by atoms with E-state index in [0.29, 0.717) is 29.7 Å². The highest BCUT2D eigenvalue weighted by molar-refractivity contribution is 6.02. The number of aromatic hydroxyl groups is 1. The van der Waals surface area contributed by atoms with Crippen molar-refractivity contribution in [3.05, 3.63) is 22.8 Å². The summed E-state index contributed by atoms with van der Waals surface area (Å²) >= 11 is 0. The van der Waals surface area contributed by atoms with E-state index in [9.17, 15) is 34.5 Å². The number of aliphatic carboxylic acids is 2. The molecule has 0 saturated heterocycles. The molecule has 1 aromatic carbocycles. The molecule has 0 aromatic heterocycles. The summed E-state index contributed by atoms with van der Waals surface area (Å²) in [6, 6.07) is 0.0146. The monoisotopic (exact) mass is 573 g/mol. The molecule has 41 heavy (non-hydrogen) atoms. The Morgan fingerprint density at radius 1 is 1.17 bits per heavy atom. The number of aliphatic hydroxyl groups is 1. The second-order valence-electron chi connectivity index (χ2n) is 13.2. The Balaban J connectivity index is 1.55. The Morgan fingerprint density at radius 2 is 1.85 bits per heavy atom. The minimum Gasteiger partial charge on any atom is -0.508 e. The number of phenolic OH excluding ortho intramolecular Hbond substituents is 1. The fraction of sp³-hybridized carbons (Fsp3) is 0.667. The van der Waals surface area contributed by atoms with Crippen LogP contribution >= 0.6 is 0 Å². The van der Waals surface area contributed by atoms with Crippen molar-refractivity contribution in [1.82, 2.24) is 4.90 Å². The van der Waals surface area contributed by atoms with Gasteiger partial charge >= 0.3 is 17.9 Å². The summed E-state index contributed by atoms with van der Waals surface area (Å²) in [6.45, 7) is 9.45. The summed E-state index contributed by atoms with van der Waals surface area (Å²) in [7, 11) is 0. The van der Waals surface area contributed by atoms with Gasteiger partial charge in [-0.2, -0.15) is 0 Å². The molecule has 0 radical (unpaired) electrons. The molecule has 2 saturated carbocycles. The number of carboxylic acid groups (broad SMARTS) is 2. The Labute approximate surface area is 238 Å². The number of phenols is 1. The zero-order chi connectivity index (χ0) is 30.2. The molecule has 2 unspecified atom stereocenters. The summed E-state index contributed by atoms with van der Waals surface area (Å²) < 4.78 is 12.6. The van der Waals surface area contributed by atoms with Gasteiger partial charge in [0.25, 0.3) is 5.91 Å². The van der Waals surface area contributed by atoms with Crippen LogP contribution in [0.4, 0.5) is 0 Å². The van der Waals surface area contributed by atoms with Gasteiger partial charge in [0, 0.05) is 41.7 Å². The van der Waals surface area contributed by atoms with E-state index < -0.39 is 64.9 Å². The molecule has 7 atom stereocenters. The summed E-state index contributed by atoms with van der Waals surface area (Å²) in [4.78, 5) is 49.6. The first kappa shape index (κ1) is 29.2. The van der Waals surface area contributed by atoms with Gasteiger partial charge in [-0.1, -0.05) is 27.7 Å². The van der Waals surface area contributed by atoms with Crippen LogP contribution < -0.4 is 4.74 Å². The van der Waals surface area contributed by atoms with Gasteiger partial charge in [-0.25, -0.2) is 4.79 Å². The van der Waals surface area contributed by atoms with Crippen LogP contribution in [0.5, 0.6) is 11.5 Å². The molecule has 4 aliphatic rings. The SMILES string of the molecule is CC(=O)O[C@@H]1[C@@H](O)C[C@@]2(C)C(CC[C@@H](C)C23Cc2c(O)cc4c(c2O3)CN([C@@H](CCC(=O)O)C(=O)O)C4=O)C1(C)C. The summed E-state index contributed by atoms with van der Waals surface area (Å²) in [5.41, 5.74) is -0.874. The van der Waals surface area contributed by atoms with Crippen LogP contribution in [-0.4, -0.2) is 73.0 Å². The number of fused-ring (bicyclic) bond motifs is 5. The third-order valence-electron chi connectivity index (χ3n) is 10.6. The van der Waals surface area contributed by atoms with Gasteiger partial charge in [0.2, 0.25) is 0 Å². The number of carbonyl (C=O) groups is 4. The lowest BCUT2D eigenvalue weighted by Crippen LogP contribution is -2.69. The molecule has 2 aliphatic carbocycles. The molecule has 1 spiro atoms. The van der Waals surface area contributed by atoms with Gasteiger partial charge in [-0.15, -0.1) is 0 Å². The Morgan fingerprint density at radius 3 is 2.46 bits per heavy atom. The van der Waals surface area contributed by atoms with Crippen molar-refractivity contribution >= 4 is 23.8 Å². The van der Waals surface area contributed by atoms with E-state index in [1.807, 2.05) is 13.8 Å². The van der Waals surface area contributed by atoms with E-state index >= 15 is 0 Å². The summed E-state index contributed by atoms with van der Waals surface area (Å²) in [5.74, 6) is -3.26. The second kappa shape index (κ2) is 9.61. The van der Waals surface area contributed by atoms with E-state index in [-0.39, 0.29) is 36.1 Å². The average molecular weight is 574 g/mol. The maximum atomic E-state index is 13.4. The van der Waals surface area contributed by atoms with Crippen molar-refractivity contribution in [1.29, 1.82) is 0 Å². The fourth-order valence-corrected chi connectivity index (χ4v) is 8.75. The smallest absolute Gasteiger partial charge is 0.326 e. The van der Waals surface area contributed by atoms with E-state index in [0.717, 1.165) is 17.7 Å². The van der Waals surface area contributed by atoms with Gasteiger partial charge in [0.15, 0.2) is 0 Å². The van der Waals surface area contributed by atoms with Crippen molar-refractivity contribution in [2.24, 2.45) is 22.7 Å². The zero-order valence-corrected chi connectivity index (χ0v) is 24.1. The number of ether oxygens (including phenoxy) is 2. The highest BCUT2D eigenvalue weighted by Gasteiger charge is 2.69. The minimum atomic E-state index is -1.35. The van der Waals surface area contributed by atoms with Gasteiger partial charge < -0.3 is 34.8 Å². The first-order valence-electron chi connectivity index (χ1n) is 14.2. The lowest BCUT2D eigenvalue weighted by atomic mass is 9.43. The summed E-state index contributed by atoms with van der Waals surface area (Å²) in [6.07, 6.45) is -0.0166. The third kappa shape index (κ3) is 4.18. The van der Waals surface area contributed by atoms with Crippen molar-refractivity contribution in [3.8, 4) is 11.5 Å². The number of esters is 1. The first-order chi connectivity index (χ1) is 19.0. The molecule has 224 valence electrons. The van der Waals surface area contributed by atoms with E-state index in [2.05, 4.69) is 13.8 Å². The van der Waals surface area contributed by atoms with Crippen molar-refractivity contribution in [2.75, 3.05) is 0 Å². The lowest BCUT2D eigenvalue weighted by molar-refractivity contribution is -0.246. The predicted octanol–water partition coefficient (Wildman–Crippen LogP) is 3.11. The number of aliphatic hydroxyl groups excluding tert-OH is 1. The number of rotatable bonds is 6. The number of nitrogens with zero attached hydrogens (tertiary/aromatic N) is 1. The van der Waals surface area contributed by atoms with Gasteiger partial charge in [0.05, 0.1) is 18.2 Å². The molecule has 2 heterocycles. The van der Waals surface area contributed by atoms with Gasteiger partial charge in [0.1, 0.15) is 29.2 Å². The highest BCUT2D eigenvalue weighted by atomic mass is 16.6. The molecule has 0 bridgehead atoms. The molecular weight excluding hydrogens is 534 g/mol. The van der Waals surface area contributed by atoms with E-state index in [1.165, 1.54) is 13.0 Å². The maximum absolute atomic E-state index is 13.4. The van der Waals surface area contributed by atoms with Crippen LogP contribution in [0.25, 0.3) is 0 Å². The molecule has 1 aromatic rings. The van der Waals surface area contributed by atoms with Gasteiger partial charge in [-0.3, -0.25) is 14.4 Å². The number of carboxylic acids is 2. The maximum Gasteiger partial charge on any atom is 0.326 e. The molecule has 5 rings (SSSR count). The first-order valence-corrected chi connectivity index (χ1v) is 14.2. The standard InChI is InChI=1S/C30H39NO10/c1-14-6-8-22-28(3,4)25(40-15(2)32)21(34)12-29(22,5)30(14)11-17-20(33)10-16-18(24(17)41-30)13-31(26(16)37)19(27(38)39)7-9-23(35)36/h10,14,19,21-22,25,33-34H,6-9,11-13H2,1-5H3,(H,35,36)(H,38,39)/t14-,19+,21+,22?,25-,29+,30?/m1/s1. The Kier molecular flexibility index (Phi) is 6.83. The largest absolute Gasteiger partial charge is 0.508 e. The number of benzene rings is 1. The molecule has 4 N–H and O–H groups in total. The number of carbonyl (C=O) groups excluding carboxylic acids is 2. The van der Waals surface area contributed by atoms with Crippen LogP contribution in [0.15, 0.2) is 6.07 Å². The third-order valence-corrected chi connectivity index (χ3v) is 10.6. The number of hydrogen-bond donors (Lipinski definition) is 4. The number of hydrogen-bond acceptors (Lipinski definition) is 8. The van der Waals surface area contributed by atoms with Gasteiger partial charge in [-0.05, 0) is 43.6 Å². The Bertz CT molecular complexity index is 1320. The van der Waals surface area contributed by atoms with Crippen molar-refractivity contribution in [2.45, 2.75) is 104 Å². The Hall–Kier alpha value is -3.34. The van der Waals surface area contributed by atoms with Crippen molar-refractivity contribution < 1.29 is 49.1 Å². The molecule has 2 fully saturated rings.